The van der Waals surface area contributed by atoms with Crippen LogP contribution in [-0.2, 0) is 11.0 Å². The smallest absolute Gasteiger partial charge is 0.416 e. The number of carbonyl (C=O) groups is 2. The number of allylic oxidation sites excluding steroid dienone is 1. The first-order valence-electron chi connectivity index (χ1n) is 7.63. The minimum Gasteiger partial charge on any atom is -0.493 e. The van der Waals surface area contributed by atoms with Crippen LogP contribution in [-0.4, -0.2) is 30.6 Å². The van der Waals surface area contributed by atoms with E-state index in [2.05, 4.69) is 0 Å². The Kier molecular flexibility index (Phi) is 6.23. The van der Waals surface area contributed by atoms with E-state index in [1.165, 1.54) is 49.6 Å². The number of ether oxygens (including phenoxy) is 2. The molecule has 0 radical (unpaired) electrons. The third-order valence-corrected chi connectivity index (χ3v) is 3.46. The SMILES string of the molecule is COc1cc(C(=O)/C=C\c2ccc(C(F)(F)F)cc2)ccc1OCC(=O)O. The second-order valence-electron chi connectivity index (χ2n) is 5.37. The highest BCUT2D eigenvalue weighted by Crippen LogP contribution is 2.30. The molecule has 1 N–H and O–H groups in total. The quantitative estimate of drug-likeness (QED) is 0.579. The van der Waals surface area contributed by atoms with Crippen LogP contribution in [0.15, 0.2) is 48.5 Å². The van der Waals surface area contributed by atoms with Crippen LogP contribution >= 0.6 is 0 Å². The summed E-state index contributed by atoms with van der Waals surface area (Å²) in [6.45, 7) is -0.558. The van der Waals surface area contributed by atoms with Gasteiger partial charge in [0.15, 0.2) is 23.9 Å². The Labute approximate surface area is 152 Å². The van der Waals surface area contributed by atoms with Crippen LogP contribution in [0.2, 0.25) is 0 Å². The fraction of sp³-hybridized carbons (Fsp3) is 0.158. The Morgan fingerprint density at radius 1 is 1.07 bits per heavy atom. The van der Waals surface area contributed by atoms with Gasteiger partial charge < -0.3 is 14.6 Å². The van der Waals surface area contributed by atoms with Gasteiger partial charge in [-0.15, -0.1) is 0 Å². The molecule has 0 saturated carbocycles. The maximum absolute atomic E-state index is 12.5. The summed E-state index contributed by atoms with van der Waals surface area (Å²) >= 11 is 0. The van der Waals surface area contributed by atoms with Crippen LogP contribution in [0.1, 0.15) is 21.5 Å². The summed E-state index contributed by atoms with van der Waals surface area (Å²) < 4.78 is 47.7. The van der Waals surface area contributed by atoms with Crippen molar-refractivity contribution in [2.24, 2.45) is 0 Å². The van der Waals surface area contributed by atoms with E-state index in [9.17, 15) is 22.8 Å². The Hall–Kier alpha value is -3.29. The van der Waals surface area contributed by atoms with Gasteiger partial charge >= 0.3 is 12.1 Å². The number of halogens is 3. The summed E-state index contributed by atoms with van der Waals surface area (Å²) in [5.74, 6) is -1.21. The van der Waals surface area contributed by atoms with Crippen molar-refractivity contribution in [1.82, 2.24) is 0 Å². The molecule has 0 unspecified atom stereocenters. The molecule has 0 aliphatic rings. The van der Waals surface area contributed by atoms with Crippen LogP contribution in [0.3, 0.4) is 0 Å². The van der Waals surface area contributed by atoms with Crippen LogP contribution in [0.5, 0.6) is 11.5 Å². The van der Waals surface area contributed by atoms with E-state index in [1.54, 1.807) is 0 Å². The zero-order valence-electron chi connectivity index (χ0n) is 14.1. The molecule has 0 aliphatic heterocycles. The first kappa shape index (κ1) is 20.0. The average Bonchev–Trinajstić information content (AvgIpc) is 2.63. The lowest BCUT2D eigenvalue weighted by molar-refractivity contribution is -0.139. The first-order chi connectivity index (χ1) is 12.7. The number of hydrogen-bond acceptors (Lipinski definition) is 4. The number of methoxy groups -OCH3 is 1. The lowest BCUT2D eigenvalue weighted by atomic mass is 10.1. The maximum atomic E-state index is 12.5. The monoisotopic (exact) mass is 380 g/mol. The molecular formula is C19H15F3O5. The molecule has 27 heavy (non-hydrogen) atoms. The molecule has 0 saturated heterocycles. The summed E-state index contributed by atoms with van der Waals surface area (Å²) in [5.41, 5.74) is -0.0879. The largest absolute Gasteiger partial charge is 0.493 e. The Morgan fingerprint density at radius 3 is 2.30 bits per heavy atom. The van der Waals surface area contributed by atoms with Crippen molar-refractivity contribution >= 4 is 17.8 Å². The number of rotatable bonds is 7. The van der Waals surface area contributed by atoms with Crippen LogP contribution in [0.4, 0.5) is 13.2 Å². The fourth-order valence-electron chi connectivity index (χ4n) is 2.13. The zero-order valence-corrected chi connectivity index (χ0v) is 14.1. The molecule has 5 nitrogen and oxygen atoms in total. The Balaban J connectivity index is 2.13. The lowest BCUT2D eigenvalue weighted by Crippen LogP contribution is -2.10. The molecule has 8 heteroatoms. The van der Waals surface area contributed by atoms with Crippen molar-refractivity contribution in [2.75, 3.05) is 13.7 Å². The van der Waals surface area contributed by atoms with E-state index in [0.717, 1.165) is 12.1 Å². The van der Waals surface area contributed by atoms with Crippen molar-refractivity contribution in [3.63, 3.8) is 0 Å². The molecule has 142 valence electrons. The molecule has 2 rings (SSSR count). The number of carboxylic acids is 1. The van der Waals surface area contributed by atoms with Gasteiger partial charge in [-0.05, 0) is 42.0 Å². The van der Waals surface area contributed by atoms with Crippen molar-refractivity contribution in [1.29, 1.82) is 0 Å². The van der Waals surface area contributed by atoms with Gasteiger partial charge in [0, 0.05) is 5.56 Å². The van der Waals surface area contributed by atoms with Crippen LogP contribution in [0.25, 0.3) is 6.08 Å². The number of benzene rings is 2. The fourth-order valence-corrected chi connectivity index (χ4v) is 2.13. The maximum Gasteiger partial charge on any atom is 0.416 e. The van der Waals surface area contributed by atoms with Gasteiger partial charge in [0.2, 0.25) is 0 Å². The van der Waals surface area contributed by atoms with Crippen molar-refractivity contribution in [2.45, 2.75) is 6.18 Å². The predicted octanol–water partition coefficient (Wildman–Crippen LogP) is 4.07. The molecule has 0 spiro atoms. The molecular weight excluding hydrogens is 365 g/mol. The number of carboxylic acid groups (broad SMARTS) is 1. The molecule has 2 aromatic carbocycles. The zero-order chi connectivity index (χ0) is 20.0. The standard InChI is InChI=1S/C19H15F3O5/c1-26-17-10-13(5-9-16(17)27-11-18(24)25)15(23)8-4-12-2-6-14(7-3-12)19(20,21)22/h2-10H,11H2,1H3,(H,24,25)/b8-4-. The lowest BCUT2D eigenvalue weighted by Gasteiger charge is -2.10. The summed E-state index contributed by atoms with van der Waals surface area (Å²) in [7, 11) is 1.34. The second kappa shape index (κ2) is 8.39. The summed E-state index contributed by atoms with van der Waals surface area (Å²) in [4.78, 5) is 22.8. The molecule has 2 aromatic rings. The summed E-state index contributed by atoms with van der Waals surface area (Å²) in [6.07, 6.45) is -1.81. The second-order valence-corrected chi connectivity index (χ2v) is 5.37. The van der Waals surface area contributed by atoms with Gasteiger partial charge in [-0.2, -0.15) is 13.2 Å². The van der Waals surface area contributed by atoms with Crippen molar-refractivity contribution in [3.8, 4) is 11.5 Å². The summed E-state index contributed by atoms with van der Waals surface area (Å²) in [6, 6.07) is 8.60. The highest BCUT2D eigenvalue weighted by molar-refractivity contribution is 6.07. The van der Waals surface area contributed by atoms with Crippen molar-refractivity contribution < 1.29 is 37.3 Å². The predicted molar refractivity (Wildman–Crippen MR) is 90.9 cm³/mol. The van der Waals surface area contributed by atoms with E-state index < -0.39 is 30.1 Å². The molecule has 0 atom stereocenters. The molecule has 0 fully saturated rings. The topological polar surface area (TPSA) is 72.8 Å². The van der Waals surface area contributed by atoms with E-state index >= 15 is 0 Å². The normalized spacial score (nSPS) is 11.4. The highest BCUT2D eigenvalue weighted by atomic mass is 19.4. The van der Waals surface area contributed by atoms with Gasteiger partial charge in [-0.3, -0.25) is 4.79 Å². The van der Waals surface area contributed by atoms with Gasteiger partial charge in [0.05, 0.1) is 12.7 Å². The van der Waals surface area contributed by atoms with E-state index in [0.29, 0.717) is 5.56 Å². The van der Waals surface area contributed by atoms with Gasteiger partial charge in [-0.25, -0.2) is 4.79 Å². The molecule has 0 aromatic heterocycles. The van der Waals surface area contributed by atoms with Crippen molar-refractivity contribution in [3.05, 3.63) is 65.2 Å². The van der Waals surface area contributed by atoms with Crippen LogP contribution < -0.4 is 9.47 Å². The number of hydrogen-bond donors (Lipinski definition) is 1. The van der Waals surface area contributed by atoms with E-state index in [1.807, 2.05) is 0 Å². The number of carbonyl (C=O) groups excluding carboxylic acids is 1. The molecule has 0 aliphatic carbocycles. The first-order valence-corrected chi connectivity index (χ1v) is 7.63. The van der Waals surface area contributed by atoms with Gasteiger partial charge in [0.25, 0.3) is 0 Å². The number of alkyl halides is 3. The van der Waals surface area contributed by atoms with E-state index in [4.69, 9.17) is 14.6 Å². The minimum atomic E-state index is -4.42. The van der Waals surface area contributed by atoms with E-state index in [-0.39, 0.29) is 17.1 Å². The Morgan fingerprint density at radius 2 is 1.74 bits per heavy atom. The third-order valence-electron chi connectivity index (χ3n) is 3.46. The molecule has 0 amide bonds. The highest BCUT2D eigenvalue weighted by Gasteiger charge is 2.29. The average molecular weight is 380 g/mol. The minimum absolute atomic E-state index is 0.170. The number of aliphatic carboxylic acids is 1. The number of ketones is 1. The summed E-state index contributed by atoms with van der Waals surface area (Å²) in [5, 5.41) is 8.63. The Bertz CT molecular complexity index is 855. The van der Waals surface area contributed by atoms with Gasteiger partial charge in [0.1, 0.15) is 0 Å². The van der Waals surface area contributed by atoms with Crippen LogP contribution in [0, 0.1) is 0 Å². The van der Waals surface area contributed by atoms with Gasteiger partial charge in [-0.1, -0.05) is 18.2 Å². The molecule has 0 heterocycles. The molecule has 0 bridgehead atoms. The third kappa shape index (κ3) is 5.60.